The van der Waals surface area contributed by atoms with Crippen molar-refractivity contribution in [1.29, 1.82) is 0 Å². The smallest absolute Gasteiger partial charge is 0.122 e. The highest BCUT2D eigenvalue weighted by Gasteiger charge is 2.27. The van der Waals surface area contributed by atoms with E-state index in [4.69, 9.17) is 9.84 Å². The van der Waals surface area contributed by atoms with E-state index in [9.17, 15) is 5.11 Å². The molecule has 1 saturated heterocycles. The van der Waals surface area contributed by atoms with Gasteiger partial charge in [0.1, 0.15) is 5.75 Å². The molecule has 0 amide bonds. The topological polar surface area (TPSA) is 56.2 Å². The first-order valence-electron chi connectivity index (χ1n) is 11.4. The highest BCUT2D eigenvalue weighted by atomic mass is 16.5. The van der Waals surface area contributed by atoms with Crippen molar-refractivity contribution in [2.24, 2.45) is 0 Å². The van der Waals surface area contributed by atoms with E-state index in [1.165, 1.54) is 22.3 Å². The summed E-state index contributed by atoms with van der Waals surface area (Å²) in [5.41, 5.74) is 6.08. The second kappa shape index (κ2) is 12.0. The van der Waals surface area contributed by atoms with E-state index in [0.717, 1.165) is 50.5 Å². The third-order valence-electron chi connectivity index (χ3n) is 6.42. The maximum absolute atomic E-state index is 9.67. The monoisotopic (exact) mass is 436 g/mol. The summed E-state index contributed by atoms with van der Waals surface area (Å²) in [6.45, 7) is 9.34. The molecule has 3 rings (SSSR count). The lowest BCUT2D eigenvalue weighted by molar-refractivity contribution is 0.0498. The average Bonchev–Trinajstić information content (AvgIpc) is 2.80. The molecule has 2 aromatic carbocycles. The lowest BCUT2D eigenvalue weighted by Crippen LogP contribution is -2.52. The Morgan fingerprint density at radius 3 is 2.44 bits per heavy atom. The standard InChI is InChI=1S/C27H36N2O3/c1-21-22(2)27(32-3)12-11-25(21)19-29-15-14-28(20-26(29)13-17-31)18-24-9-7-23(8-10-24)6-4-5-16-30/h7-12,26,30-31H,5,13-20H2,1-3H3/t26-/m0/s1. The Bertz CT molecular complexity index is 930. The summed E-state index contributed by atoms with van der Waals surface area (Å²) in [5.74, 6) is 6.98. The van der Waals surface area contributed by atoms with Gasteiger partial charge in [0.05, 0.1) is 13.7 Å². The molecule has 0 aliphatic carbocycles. The maximum atomic E-state index is 9.67. The van der Waals surface area contributed by atoms with Crippen LogP contribution >= 0.6 is 0 Å². The molecule has 32 heavy (non-hydrogen) atoms. The fourth-order valence-electron chi connectivity index (χ4n) is 4.37. The molecule has 172 valence electrons. The molecular formula is C27H36N2O3. The minimum Gasteiger partial charge on any atom is -0.496 e. The first kappa shape index (κ1) is 24.3. The molecule has 1 heterocycles. The molecule has 2 aromatic rings. The summed E-state index contributed by atoms with van der Waals surface area (Å²) in [5, 5.41) is 18.5. The minimum atomic E-state index is 0.101. The molecular weight excluding hydrogens is 400 g/mol. The van der Waals surface area contributed by atoms with Crippen LogP contribution in [0.1, 0.15) is 40.7 Å². The predicted octanol–water partition coefficient (Wildman–Crippen LogP) is 3.11. The molecule has 5 heteroatoms. The first-order valence-corrected chi connectivity index (χ1v) is 11.4. The van der Waals surface area contributed by atoms with Gasteiger partial charge in [-0.2, -0.15) is 0 Å². The number of ether oxygens (including phenoxy) is 1. The lowest BCUT2D eigenvalue weighted by atomic mass is 10.00. The van der Waals surface area contributed by atoms with E-state index in [1.54, 1.807) is 7.11 Å². The molecule has 0 unspecified atom stereocenters. The van der Waals surface area contributed by atoms with E-state index in [1.807, 2.05) is 0 Å². The molecule has 0 spiro atoms. The lowest BCUT2D eigenvalue weighted by Gasteiger charge is -2.41. The van der Waals surface area contributed by atoms with Gasteiger partial charge < -0.3 is 14.9 Å². The summed E-state index contributed by atoms with van der Waals surface area (Å²) in [6.07, 6.45) is 1.29. The number of aliphatic hydroxyl groups is 2. The number of aliphatic hydroxyl groups excluding tert-OH is 2. The van der Waals surface area contributed by atoms with Crippen LogP contribution in [0.4, 0.5) is 0 Å². The quantitative estimate of drug-likeness (QED) is 0.623. The van der Waals surface area contributed by atoms with Gasteiger partial charge in [-0.1, -0.05) is 30.0 Å². The summed E-state index contributed by atoms with van der Waals surface area (Å²) in [7, 11) is 1.72. The molecule has 0 radical (unpaired) electrons. The molecule has 1 atom stereocenters. The molecule has 0 bridgehead atoms. The fraction of sp³-hybridized carbons (Fsp3) is 0.481. The number of benzene rings is 2. The van der Waals surface area contributed by atoms with Crippen molar-refractivity contribution < 1.29 is 14.9 Å². The van der Waals surface area contributed by atoms with Crippen LogP contribution in [0.5, 0.6) is 5.75 Å². The maximum Gasteiger partial charge on any atom is 0.122 e. The molecule has 0 aromatic heterocycles. The van der Waals surface area contributed by atoms with Crippen molar-refractivity contribution in [3.63, 3.8) is 0 Å². The van der Waals surface area contributed by atoms with Crippen LogP contribution in [-0.2, 0) is 13.1 Å². The Morgan fingerprint density at radius 2 is 1.75 bits per heavy atom. The van der Waals surface area contributed by atoms with E-state index in [2.05, 4.69) is 71.9 Å². The zero-order valence-electron chi connectivity index (χ0n) is 19.6. The van der Waals surface area contributed by atoms with Gasteiger partial charge in [-0.25, -0.2) is 0 Å². The molecule has 1 aliphatic rings. The Balaban J connectivity index is 1.62. The van der Waals surface area contributed by atoms with Crippen molar-refractivity contribution in [2.75, 3.05) is 40.0 Å². The molecule has 5 nitrogen and oxygen atoms in total. The minimum absolute atomic E-state index is 0.101. The average molecular weight is 437 g/mol. The number of methoxy groups -OCH3 is 1. The number of hydrogen-bond acceptors (Lipinski definition) is 5. The normalized spacial score (nSPS) is 17.1. The third-order valence-corrected chi connectivity index (χ3v) is 6.42. The van der Waals surface area contributed by atoms with Gasteiger partial charge in [0.25, 0.3) is 0 Å². The van der Waals surface area contributed by atoms with Crippen LogP contribution < -0.4 is 4.74 Å². The Hall–Kier alpha value is -2.36. The van der Waals surface area contributed by atoms with Gasteiger partial charge in [0.2, 0.25) is 0 Å². The van der Waals surface area contributed by atoms with Crippen LogP contribution in [0.2, 0.25) is 0 Å². The van der Waals surface area contributed by atoms with Gasteiger partial charge >= 0.3 is 0 Å². The van der Waals surface area contributed by atoms with Crippen molar-refractivity contribution in [3.05, 3.63) is 64.2 Å². The van der Waals surface area contributed by atoms with Crippen LogP contribution in [0.3, 0.4) is 0 Å². The van der Waals surface area contributed by atoms with Crippen molar-refractivity contribution in [1.82, 2.24) is 9.80 Å². The van der Waals surface area contributed by atoms with E-state index in [-0.39, 0.29) is 13.2 Å². The highest BCUT2D eigenvalue weighted by molar-refractivity contribution is 5.43. The second-order valence-corrected chi connectivity index (χ2v) is 8.52. The van der Waals surface area contributed by atoms with Crippen molar-refractivity contribution in [2.45, 2.75) is 45.8 Å². The second-order valence-electron chi connectivity index (χ2n) is 8.52. The Labute approximate surface area is 192 Å². The van der Waals surface area contributed by atoms with E-state index < -0.39 is 0 Å². The molecule has 1 fully saturated rings. The number of nitrogens with zero attached hydrogens (tertiary/aromatic N) is 2. The largest absolute Gasteiger partial charge is 0.496 e. The number of piperazine rings is 1. The fourth-order valence-corrected chi connectivity index (χ4v) is 4.37. The van der Waals surface area contributed by atoms with Crippen LogP contribution in [-0.4, -0.2) is 66.0 Å². The SMILES string of the molecule is COc1ccc(CN2CCN(Cc3ccc(C#CCCO)cc3)C[C@@H]2CCO)c(C)c1C. The van der Waals surface area contributed by atoms with Crippen LogP contribution in [0.15, 0.2) is 36.4 Å². The zero-order chi connectivity index (χ0) is 22.9. The van der Waals surface area contributed by atoms with Crippen molar-refractivity contribution in [3.8, 4) is 17.6 Å². The Morgan fingerprint density at radius 1 is 0.969 bits per heavy atom. The van der Waals surface area contributed by atoms with Crippen molar-refractivity contribution >= 4 is 0 Å². The van der Waals surface area contributed by atoms with Gasteiger partial charge in [-0.3, -0.25) is 9.80 Å². The van der Waals surface area contributed by atoms with Crippen LogP contribution in [0.25, 0.3) is 0 Å². The summed E-state index contributed by atoms with van der Waals surface area (Å²) in [4.78, 5) is 5.00. The first-order chi connectivity index (χ1) is 15.5. The highest BCUT2D eigenvalue weighted by Crippen LogP contribution is 2.26. The van der Waals surface area contributed by atoms with E-state index >= 15 is 0 Å². The van der Waals surface area contributed by atoms with Crippen LogP contribution in [0, 0.1) is 25.7 Å². The predicted molar refractivity (Wildman–Crippen MR) is 129 cm³/mol. The molecule has 1 aliphatic heterocycles. The van der Waals surface area contributed by atoms with Gasteiger partial charge in [0.15, 0.2) is 0 Å². The third kappa shape index (κ3) is 6.34. The summed E-state index contributed by atoms with van der Waals surface area (Å²) >= 11 is 0. The van der Waals surface area contributed by atoms with Gasteiger partial charge in [-0.05, 0) is 60.7 Å². The molecule has 0 saturated carbocycles. The van der Waals surface area contributed by atoms with E-state index in [0.29, 0.717) is 12.5 Å². The van der Waals surface area contributed by atoms with Gasteiger partial charge in [-0.15, -0.1) is 0 Å². The number of rotatable bonds is 8. The summed E-state index contributed by atoms with van der Waals surface area (Å²) in [6, 6.07) is 13.0. The molecule has 2 N–H and O–H groups in total. The summed E-state index contributed by atoms with van der Waals surface area (Å²) < 4.78 is 5.46. The number of hydrogen-bond donors (Lipinski definition) is 2. The van der Waals surface area contributed by atoms with Gasteiger partial charge in [0, 0.05) is 57.4 Å². The Kier molecular flexibility index (Phi) is 9.13. The zero-order valence-corrected chi connectivity index (χ0v) is 19.6.